The summed E-state index contributed by atoms with van der Waals surface area (Å²) in [7, 11) is 1.42. The van der Waals surface area contributed by atoms with Gasteiger partial charge in [0.15, 0.2) is 0 Å². The highest BCUT2D eigenvalue weighted by Gasteiger charge is 2.49. The number of amides is 1. The number of rotatable bonds is 6. The number of hydrogen-bond donors (Lipinski definition) is 1. The standard InChI is InChI=1S/C22H21ClF3NO5/c1-21(2,13-4-7-18(31-3)17(23)9-13)10-16(22(24,25)26)19(28)27(30)14-5-6-15-12(8-14)11-32-20(15)29/h4-9,16,30H,10-11H2,1-3H3. The SMILES string of the molecule is COc1ccc(C(C)(C)CC(C(=O)N(O)c2ccc3c(c2)COC3=O)C(F)(F)F)cc1Cl. The van der Waals surface area contributed by atoms with Gasteiger partial charge < -0.3 is 9.47 Å². The number of alkyl halides is 3. The number of halogens is 4. The van der Waals surface area contributed by atoms with Crippen molar-refractivity contribution in [2.45, 2.75) is 38.5 Å². The quantitative estimate of drug-likeness (QED) is 0.352. The van der Waals surface area contributed by atoms with E-state index in [4.69, 9.17) is 21.1 Å². The maximum absolute atomic E-state index is 13.9. The van der Waals surface area contributed by atoms with Crippen molar-refractivity contribution in [1.82, 2.24) is 0 Å². The fourth-order valence-electron chi connectivity index (χ4n) is 3.58. The molecular weight excluding hydrogens is 451 g/mol. The average Bonchev–Trinajstić information content (AvgIpc) is 3.10. The van der Waals surface area contributed by atoms with E-state index < -0.39 is 35.8 Å². The molecule has 1 N–H and O–H groups in total. The molecule has 10 heteroatoms. The summed E-state index contributed by atoms with van der Waals surface area (Å²) in [5.74, 6) is -4.23. The van der Waals surface area contributed by atoms with Crippen LogP contribution in [0.4, 0.5) is 18.9 Å². The van der Waals surface area contributed by atoms with Crippen molar-refractivity contribution in [2.75, 3.05) is 12.2 Å². The second-order valence-corrected chi connectivity index (χ2v) is 8.51. The first-order chi connectivity index (χ1) is 14.8. The van der Waals surface area contributed by atoms with Crippen LogP contribution in [0.15, 0.2) is 36.4 Å². The maximum Gasteiger partial charge on any atom is 0.400 e. The van der Waals surface area contributed by atoms with Gasteiger partial charge in [-0.15, -0.1) is 0 Å². The number of esters is 1. The van der Waals surface area contributed by atoms with Crippen LogP contribution in [0, 0.1) is 5.92 Å². The summed E-state index contributed by atoms with van der Waals surface area (Å²) in [6.07, 6.45) is -5.55. The molecule has 1 aliphatic rings. The zero-order chi connectivity index (χ0) is 23.8. The molecule has 32 heavy (non-hydrogen) atoms. The van der Waals surface area contributed by atoms with Crippen molar-refractivity contribution in [3.05, 3.63) is 58.1 Å². The van der Waals surface area contributed by atoms with Gasteiger partial charge in [-0.05, 0) is 47.7 Å². The molecule has 1 atom stereocenters. The molecule has 3 rings (SSSR count). The molecule has 1 unspecified atom stereocenters. The number of anilines is 1. The second-order valence-electron chi connectivity index (χ2n) is 8.10. The number of carbonyl (C=O) groups excluding carboxylic acids is 2. The summed E-state index contributed by atoms with van der Waals surface area (Å²) < 4.78 is 51.6. The van der Waals surface area contributed by atoms with Crippen LogP contribution in [-0.2, 0) is 21.6 Å². The number of nitrogens with zero attached hydrogens (tertiary/aromatic N) is 1. The van der Waals surface area contributed by atoms with Crippen molar-refractivity contribution < 1.29 is 37.4 Å². The Morgan fingerprint density at radius 2 is 1.94 bits per heavy atom. The number of benzene rings is 2. The van der Waals surface area contributed by atoms with Gasteiger partial charge in [-0.2, -0.15) is 18.2 Å². The first-order valence-corrected chi connectivity index (χ1v) is 9.96. The highest BCUT2D eigenvalue weighted by Crippen LogP contribution is 2.41. The molecule has 1 amide bonds. The lowest BCUT2D eigenvalue weighted by Crippen LogP contribution is -2.44. The summed E-state index contributed by atoms with van der Waals surface area (Å²) >= 11 is 6.12. The van der Waals surface area contributed by atoms with E-state index in [1.807, 2.05) is 0 Å². The molecule has 172 valence electrons. The molecule has 2 aromatic carbocycles. The number of cyclic esters (lactones) is 1. The van der Waals surface area contributed by atoms with E-state index in [1.165, 1.54) is 37.4 Å². The van der Waals surface area contributed by atoms with Crippen LogP contribution in [0.2, 0.25) is 5.02 Å². The lowest BCUT2D eigenvalue weighted by atomic mass is 9.76. The molecule has 1 aliphatic heterocycles. The van der Waals surface area contributed by atoms with E-state index in [-0.39, 0.29) is 27.9 Å². The lowest BCUT2D eigenvalue weighted by molar-refractivity contribution is -0.187. The summed E-state index contributed by atoms with van der Waals surface area (Å²) in [5.41, 5.74) is -0.227. The molecule has 1 heterocycles. The first kappa shape index (κ1) is 23.9. The Morgan fingerprint density at radius 3 is 2.53 bits per heavy atom. The highest BCUT2D eigenvalue weighted by molar-refractivity contribution is 6.32. The van der Waals surface area contributed by atoms with Gasteiger partial charge in [0.05, 0.1) is 23.4 Å². The molecule has 0 fully saturated rings. The van der Waals surface area contributed by atoms with E-state index in [0.717, 1.165) is 0 Å². The summed E-state index contributed by atoms with van der Waals surface area (Å²) in [6.45, 7) is 3.02. The van der Waals surface area contributed by atoms with Crippen molar-refractivity contribution in [2.24, 2.45) is 5.92 Å². The Balaban J connectivity index is 1.88. The molecule has 0 aromatic heterocycles. The second kappa shape index (κ2) is 8.63. The molecule has 0 aliphatic carbocycles. The zero-order valence-electron chi connectivity index (χ0n) is 17.5. The van der Waals surface area contributed by atoms with Crippen molar-refractivity contribution in [3.63, 3.8) is 0 Å². The van der Waals surface area contributed by atoms with Gasteiger partial charge in [0.25, 0.3) is 5.91 Å². The Bertz CT molecular complexity index is 1050. The van der Waals surface area contributed by atoms with Crippen LogP contribution < -0.4 is 9.80 Å². The largest absolute Gasteiger partial charge is 0.495 e. The fourth-order valence-corrected chi connectivity index (χ4v) is 3.84. The smallest absolute Gasteiger partial charge is 0.400 e. The molecule has 0 radical (unpaired) electrons. The molecule has 0 saturated carbocycles. The average molecular weight is 472 g/mol. The van der Waals surface area contributed by atoms with Crippen LogP contribution in [0.25, 0.3) is 0 Å². The summed E-state index contributed by atoms with van der Waals surface area (Å²) in [4.78, 5) is 24.3. The van der Waals surface area contributed by atoms with E-state index in [1.54, 1.807) is 19.9 Å². The number of fused-ring (bicyclic) bond motifs is 1. The first-order valence-electron chi connectivity index (χ1n) is 9.59. The number of hydrogen-bond acceptors (Lipinski definition) is 5. The topological polar surface area (TPSA) is 76.1 Å². The Hall–Kier alpha value is -2.78. The van der Waals surface area contributed by atoms with Gasteiger partial charge >= 0.3 is 12.1 Å². The highest BCUT2D eigenvalue weighted by atomic mass is 35.5. The van der Waals surface area contributed by atoms with Gasteiger partial charge in [-0.3, -0.25) is 10.0 Å². The lowest BCUT2D eigenvalue weighted by Gasteiger charge is -2.32. The van der Waals surface area contributed by atoms with Crippen LogP contribution in [0.5, 0.6) is 5.75 Å². The third-order valence-electron chi connectivity index (χ3n) is 5.46. The minimum absolute atomic E-state index is 0.0295. The number of methoxy groups -OCH3 is 1. The van der Waals surface area contributed by atoms with Gasteiger partial charge in [-0.1, -0.05) is 31.5 Å². The predicted molar refractivity (Wildman–Crippen MR) is 110 cm³/mol. The normalized spacial score (nSPS) is 14.6. The fraction of sp³-hybridized carbons (Fsp3) is 0.364. The monoisotopic (exact) mass is 471 g/mol. The van der Waals surface area contributed by atoms with Gasteiger partial charge in [0, 0.05) is 5.56 Å². The van der Waals surface area contributed by atoms with Gasteiger partial charge in [-0.25, -0.2) is 4.79 Å². The molecule has 0 saturated heterocycles. The minimum atomic E-state index is -4.92. The van der Waals surface area contributed by atoms with Crippen LogP contribution >= 0.6 is 11.6 Å². The van der Waals surface area contributed by atoms with E-state index in [2.05, 4.69) is 0 Å². The van der Waals surface area contributed by atoms with E-state index >= 15 is 0 Å². The van der Waals surface area contributed by atoms with Gasteiger partial charge in [0.2, 0.25) is 0 Å². The Labute approximate surface area is 187 Å². The van der Waals surface area contributed by atoms with Crippen LogP contribution in [-0.4, -0.2) is 30.4 Å². The van der Waals surface area contributed by atoms with Gasteiger partial charge in [0.1, 0.15) is 18.3 Å². The molecule has 0 bridgehead atoms. The number of hydroxylamine groups is 1. The third kappa shape index (κ3) is 4.68. The van der Waals surface area contributed by atoms with Crippen LogP contribution in [0.1, 0.15) is 41.8 Å². The zero-order valence-corrected chi connectivity index (χ0v) is 18.3. The van der Waals surface area contributed by atoms with Crippen molar-refractivity contribution in [1.29, 1.82) is 0 Å². The van der Waals surface area contributed by atoms with Crippen molar-refractivity contribution in [3.8, 4) is 5.75 Å². The van der Waals surface area contributed by atoms with E-state index in [9.17, 15) is 28.0 Å². The summed E-state index contributed by atoms with van der Waals surface area (Å²) in [5, 5.41) is 10.5. The predicted octanol–water partition coefficient (Wildman–Crippen LogP) is 5.29. The van der Waals surface area contributed by atoms with E-state index in [0.29, 0.717) is 16.9 Å². The molecular formula is C22H21ClF3NO5. The number of ether oxygens (including phenoxy) is 2. The molecule has 2 aromatic rings. The Kier molecular flexibility index (Phi) is 6.44. The van der Waals surface area contributed by atoms with Crippen molar-refractivity contribution >= 4 is 29.2 Å². The third-order valence-corrected chi connectivity index (χ3v) is 5.76. The minimum Gasteiger partial charge on any atom is -0.495 e. The maximum atomic E-state index is 13.9. The van der Waals surface area contributed by atoms with Crippen LogP contribution in [0.3, 0.4) is 0 Å². The number of carbonyl (C=O) groups is 2. The Morgan fingerprint density at radius 1 is 1.25 bits per heavy atom. The molecule has 6 nitrogen and oxygen atoms in total. The molecule has 0 spiro atoms. The summed E-state index contributed by atoms with van der Waals surface area (Å²) in [6, 6.07) is 8.34.